The first-order valence-electron chi connectivity index (χ1n) is 5.86. The van der Waals surface area contributed by atoms with Gasteiger partial charge in [0.25, 0.3) is 0 Å². The van der Waals surface area contributed by atoms with Gasteiger partial charge >= 0.3 is 0 Å². The molecule has 0 bridgehead atoms. The largest absolute Gasteiger partial charge is 0.598 e. The van der Waals surface area contributed by atoms with Crippen LogP contribution in [0.2, 0.25) is 0 Å². The van der Waals surface area contributed by atoms with Gasteiger partial charge in [0, 0.05) is 11.4 Å². The number of benzene rings is 1. The summed E-state index contributed by atoms with van der Waals surface area (Å²) in [7, 11) is 0. The maximum Gasteiger partial charge on any atom is 0.148 e. The van der Waals surface area contributed by atoms with Gasteiger partial charge in [-0.25, -0.2) is 4.39 Å². The normalized spacial score (nSPS) is 16.9. The Balaban J connectivity index is 2.76. The molecular formula is C14H20FNOS. The van der Waals surface area contributed by atoms with E-state index in [1.807, 2.05) is 26.8 Å². The standard InChI is InChI=1S/C14H20FNOS/c1-5-12(16-18(17)14(2,3)4)13(15)11-9-7-6-8-10-11/h5-10,12-13,16H,1H2,2-4H3/t12-,13+,18-/m1/s1. The Morgan fingerprint density at radius 1 is 1.33 bits per heavy atom. The molecule has 100 valence electrons. The van der Waals surface area contributed by atoms with Gasteiger partial charge in [0.1, 0.15) is 17.0 Å². The summed E-state index contributed by atoms with van der Waals surface area (Å²) in [4.78, 5) is 0. The van der Waals surface area contributed by atoms with E-state index in [1.54, 1.807) is 24.3 Å². The van der Waals surface area contributed by atoms with Gasteiger partial charge in [0.15, 0.2) is 0 Å². The third-order valence-electron chi connectivity index (χ3n) is 2.49. The number of hydrogen-bond donors (Lipinski definition) is 1. The van der Waals surface area contributed by atoms with E-state index in [-0.39, 0.29) is 0 Å². The minimum absolute atomic E-state index is 0.433. The maximum atomic E-state index is 14.3. The first-order chi connectivity index (χ1) is 8.36. The van der Waals surface area contributed by atoms with Gasteiger partial charge in [-0.15, -0.1) is 11.3 Å². The fourth-order valence-corrected chi connectivity index (χ4v) is 2.19. The van der Waals surface area contributed by atoms with Gasteiger partial charge in [0.2, 0.25) is 0 Å². The fourth-order valence-electron chi connectivity index (χ4n) is 1.37. The van der Waals surface area contributed by atoms with Crippen molar-refractivity contribution < 1.29 is 8.94 Å². The molecule has 0 heterocycles. The summed E-state index contributed by atoms with van der Waals surface area (Å²) in [5.41, 5.74) is 0.556. The molecule has 0 saturated carbocycles. The molecule has 0 unspecified atom stereocenters. The number of alkyl halides is 1. The molecule has 1 aromatic carbocycles. The second-order valence-corrected chi connectivity index (χ2v) is 7.07. The first kappa shape index (κ1) is 15.2. The van der Waals surface area contributed by atoms with Gasteiger partial charge in [-0.05, 0) is 26.3 Å². The number of rotatable bonds is 5. The molecule has 0 spiro atoms. The zero-order valence-corrected chi connectivity index (χ0v) is 11.8. The highest BCUT2D eigenvalue weighted by Crippen LogP contribution is 2.24. The Kier molecular flexibility index (Phi) is 5.38. The second-order valence-electron chi connectivity index (χ2n) is 5.07. The van der Waals surface area contributed by atoms with Crippen LogP contribution < -0.4 is 4.72 Å². The fraction of sp³-hybridized carbons (Fsp3) is 0.429. The monoisotopic (exact) mass is 269 g/mol. The Morgan fingerprint density at radius 2 is 1.89 bits per heavy atom. The minimum atomic E-state index is -1.32. The van der Waals surface area contributed by atoms with Crippen molar-refractivity contribution in [3.63, 3.8) is 0 Å². The van der Waals surface area contributed by atoms with Crippen molar-refractivity contribution in [2.24, 2.45) is 0 Å². The van der Waals surface area contributed by atoms with Gasteiger partial charge in [-0.1, -0.05) is 36.4 Å². The summed E-state index contributed by atoms with van der Waals surface area (Å²) in [5, 5.41) is 0. The van der Waals surface area contributed by atoms with Crippen LogP contribution in [-0.2, 0) is 11.4 Å². The third kappa shape index (κ3) is 4.12. The zero-order valence-electron chi connectivity index (χ0n) is 11.0. The molecule has 1 aromatic rings. The van der Waals surface area contributed by atoms with Crippen molar-refractivity contribution in [2.45, 2.75) is 37.7 Å². The van der Waals surface area contributed by atoms with Crippen molar-refractivity contribution in [3.05, 3.63) is 48.6 Å². The van der Waals surface area contributed by atoms with Crippen LogP contribution in [0.5, 0.6) is 0 Å². The van der Waals surface area contributed by atoms with Crippen molar-refractivity contribution in [2.75, 3.05) is 0 Å². The van der Waals surface area contributed by atoms with Crippen molar-refractivity contribution in [1.29, 1.82) is 0 Å². The summed E-state index contributed by atoms with van der Waals surface area (Å²) in [6.45, 7) is 9.12. The van der Waals surface area contributed by atoms with Crippen LogP contribution in [0.1, 0.15) is 32.5 Å². The van der Waals surface area contributed by atoms with Crippen molar-refractivity contribution in [1.82, 2.24) is 4.72 Å². The van der Waals surface area contributed by atoms with Gasteiger partial charge in [-0.3, -0.25) is 0 Å². The van der Waals surface area contributed by atoms with Crippen LogP contribution >= 0.6 is 0 Å². The predicted octanol–water partition coefficient (Wildman–Crippen LogP) is 3.30. The smallest absolute Gasteiger partial charge is 0.148 e. The van der Waals surface area contributed by atoms with E-state index < -0.39 is 28.3 Å². The second kappa shape index (κ2) is 6.36. The SMILES string of the molecule is C=C[C@@H](N[S@+]([O-])C(C)(C)C)[C@@H](F)c1ccccc1. The molecule has 3 atom stereocenters. The lowest BCUT2D eigenvalue weighted by molar-refractivity contribution is 0.303. The molecule has 2 nitrogen and oxygen atoms in total. The Bertz CT molecular complexity index is 377. The molecule has 0 aliphatic heterocycles. The quantitative estimate of drug-likeness (QED) is 0.657. The van der Waals surface area contributed by atoms with Crippen molar-refractivity contribution in [3.8, 4) is 0 Å². The molecule has 0 aliphatic carbocycles. The van der Waals surface area contributed by atoms with E-state index in [4.69, 9.17) is 0 Å². The third-order valence-corrected chi connectivity index (χ3v) is 4.09. The molecule has 0 fully saturated rings. The Morgan fingerprint density at radius 3 is 2.33 bits per heavy atom. The van der Waals surface area contributed by atoms with Crippen LogP contribution in [0.25, 0.3) is 0 Å². The lowest BCUT2D eigenvalue weighted by Gasteiger charge is -2.28. The summed E-state index contributed by atoms with van der Waals surface area (Å²) in [5.74, 6) is 0. The van der Waals surface area contributed by atoms with Crippen LogP contribution in [0.3, 0.4) is 0 Å². The van der Waals surface area contributed by atoms with E-state index in [9.17, 15) is 8.94 Å². The molecular weight excluding hydrogens is 249 g/mol. The molecule has 0 aromatic heterocycles. The van der Waals surface area contributed by atoms with Gasteiger partial charge < -0.3 is 4.55 Å². The molecule has 1 N–H and O–H groups in total. The van der Waals surface area contributed by atoms with Gasteiger partial charge in [-0.2, -0.15) is 0 Å². The minimum Gasteiger partial charge on any atom is -0.598 e. The lowest BCUT2D eigenvalue weighted by Crippen LogP contribution is -2.45. The Hall–Kier alpha value is -0.840. The highest BCUT2D eigenvalue weighted by Gasteiger charge is 2.31. The summed E-state index contributed by atoms with van der Waals surface area (Å²) in [6.07, 6.45) is 0.205. The molecule has 0 radical (unpaired) electrons. The zero-order chi connectivity index (χ0) is 13.8. The number of nitrogens with one attached hydrogen (secondary N) is 1. The molecule has 0 aliphatic rings. The highest BCUT2D eigenvalue weighted by atomic mass is 32.2. The highest BCUT2D eigenvalue weighted by molar-refractivity contribution is 7.90. The van der Waals surface area contributed by atoms with Crippen LogP contribution in [0, 0.1) is 0 Å². The molecule has 0 amide bonds. The van der Waals surface area contributed by atoms with Gasteiger partial charge in [0.05, 0.1) is 0 Å². The van der Waals surface area contributed by atoms with Crippen LogP contribution in [0.15, 0.2) is 43.0 Å². The predicted molar refractivity (Wildman–Crippen MR) is 75.3 cm³/mol. The Labute approximate surface area is 112 Å². The number of hydrogen-bond acceptors (Lipinski definition) is 2. The molecule has 0 saturated heterocycles. The topological polar surface area (TPSA) is 35.1 Å². The number of halogens is 1. The van der Waals surface area contributed by atoms with E-state index in [0.29, 0.717) is 5.56 Å². The maximum absolute atomic E-state index is 14.3. The van der Waals surface area contributed by atoms with E-state index in [0.717, 1.165) is 0 Å². The average molecular weight is 269 g/mol. The van der Waals surface area contributed by atoms with E-state index >= 15 is 0 Å². The first-order valence-corrected chi connectivity index (χ1v) is 7.01. The summed E-state index contributed by atoms with van der Waals surface area (Å²) >= 11 is -1.32. The van der Waals surface area contributed by atoms with Crippen LogP contribution in [-0.4, -0.2) is 15.3 Å². The molecule has 18 heavy (non-hydrogen) atoms. The summed E-state index contributed by atoms with van der Waals surface area (Å²) in [6, 6.07) is 8.16. The lowest BCUT2D eigenvalue weighted by atomic mass is 10.0. The average Bonchev–Trinajstić information content (AvgIpc) is 2.34. The molecule has 1 rings (SSSR count). The van der Waals surface area contributed by atoms with Crippen molar-refractivity contribution >= 4 is 11.4 Å². The van der Waals surface area contributed by atoms with E-state index in [2.05, 4.69) is 11.3 Å². The van der Waals surface area contributed by atoms with Crippen LogP contribution in [0.4, 0.5) is 4.39 Å². The summed E-state index contributed by atoms with van der Waals surface area (Å²) < 4.78 is 28.6. The van der Waals surface area contributed by atoms with E-state index in [1.165, 1.54) is 6.08 Å². The molecule has 4 heteroatoms.